The van der Waals surface area contributed by atoms with Crippen molar-refractivity contribution in [3.63, 3.8) is 0 Å². The van der Waals surface area contributed by atoms with Gasteiger partial charge in [-0.05, 0) is 56.2 Å². The van der Waals surface area contributed by atoms with Gasteiger partial charge in [0, 0.05) is 19.0 Å². The Morgan fingerprint density at radius 3 is 2.56 bits per heavy atom. The molecule has 1 saturated heterocycles. The molecule has 5 nitrogen and oxygen atoms in total. The summed E-state index contributed by atoms with van der Waals surface area (Å²) in [7, 11) is 0. The summed E-state index contributed by atoms with van der Waals surface area (Å²) in [6, 6.07) is 5.56. The molecular formula is C19H25FN2O3. The maximum absolute atomic E-state index is 13.0. The van der Waals surface area contributed by atoms with Crippen LogP contribution in [0.2, 0.25) is 0 Å². The van der Waals surface area contributed by atoms with Gasteiger partial charge in [0.1, 0.15) is 11.9 Å². The number of nitrogens with zero attached hydrogens (tertiary/aromatic N) is 1. The molecule has 1 aromatic rings. The van der Waals surface area contributed by atoms with Crippen LogP contribution in [0.5, 0.6) is 0 Å². The van der Waals surface area contributed by atoms with E-state index in [0.29, 0.717) is 19.0 Å². The fourth-order valence-corrected chi connectivity index (χ4v) is 3.36. The van der Waals surface area contributed by atoms with Gasteiger partial charge in [-0.25, -0.2) is 4.39 Å². The Hall–Kier alpha value is -1.95. The highest BCUT2D eigenvalue weighted by Crippen LogP contribution is 2.29. The highest BCUT2D eigenvalue weighted by atomic mass is 19.1. The number of aliphatic hydroxyl groups excluding tert-OH is 1. The van der Waals surface area contributed by atoms with Crippen molar-refractivity contribution in [1.29, 1.82) is 0 Å². The van der Waals surface area contributed by atoms with Crippen molar-refractivity contribution in [2.24, 2.45) is 11.8 Å². The van der Waals surface area contributed by atoms with Crippen molar-refractivity contribution < 1.29 is 19.1 Å². The maximum Gasteiger partial charge on any atom is 0.247 e. The van der Waals surface area contributed by atoms with Crippen molar-refractivity contribution in [2.45, 2.75) is 44.8 Å². The lowest BCUT2D eigenvalue weighted by atomic mass is 9.99. The zero-order valence-corrected chi connectivity index (χ0v) is 14.5. The molecule has 1 aromatic carbocycles. The molecule has 0 bridgehead atoms. The van der Waals surface area contributed by atoms with E-state index in [-0.39, 0.29) is 23.5 Å². The number of hydrogen-bond acceptors (Lipinski definition) is 3. The monoisotopic (exact) mass is 348 g/mol. The molecule has 3 unspecified atom stereocenters. The second-order valence-electron chi connectivity index (χ2n) is 7.27. The van der Waals surface area contributed by atoms with E-state index in [1.54, 1.807) is 17.0 Å². The number of aliphatic hydroxyl groups is 1. The van der Waals surface area contributed by atoms with E-state index in [4.69, 9.17) is 0 Å². The largest absolute Gasteiger partial charge is 0.391 e. The molecule has 3 rings (SSSR count). The first-order valence-corrected chi connectivity index (χ1v) is 8.95. The van der Waals surface area contributed by atoms with Crippen LogP contribution >= 0.6 is 0 Å². The van der Waals surface area contributed by atoms with Gasteiger partial charge in [0.15, 0.2) is 0 Å². The summed E-state index contributed by atoms with van der Waals surface area (Å²) in [5, 5.41) is 12.6. The molecule has 6 heteroatoms. The SMILES string of the molecule is CC(O)C(NC(=O)C1CC1)C(=O)N1CCC(Cc2ccc(F)cc2)C1. The Kier molecular flexibility index (Phi) is 5.37. The van der Waals surface area contributed by atoms with Crippen molar-refractivity contribution in [3.8, 4) is 0 Å². The average molecular weight is 348 g/mol. The molecule has 3 atom stereocenters. The molecule has 2 amide bonds. The zero-order chi connectivity index (χ0) is 18.0. The van der Waals surface area contributed by atoms with Gasteiger partial charge < -0.3 is 15.3 Å². The van der Waals surface area contributed by atoms with E-state index >= 15 is 0 Å². The number of carbonyl (C=O) groups excluding carboxylic acids is 2. The minimum Gasteiger partial charge on any atom is -0.391 e. The van der Waals surface area contributed by atoms with E-state index in [1.807, 2.05) is 0 Å². The molecule has 2 aliphatic rings. The first-order chi connectivity index (χ1) is 11.9. The van der Waals surface area contributed by atoms with Gasteiger partial charge >= 0.3 is 0 Å². The Morgan fingerprint density at radius 1 is 1.28 bits per heavy atom. The summed E-state index contributed by atoms with van der Waals surface area (Å²) in [5.41, 5.74) is 1.05. The summed E-state index contributed by atoms with van der Waals surface area (Å²) in [6.45, 7) is 2.74. The quantitative estimate of drug-likeness (QED) is 0.818. The van der Waals surface area contributed by atoms with Gasteiger partial charge in [-0.15, -0.1) is 0 Å². The van der Waals surface area contributed by atoms with Crippen LogP contribution in [0.1, 0.15) is 31.7 Å². The molecule has 25 heavy (non-hydrogen) atoms. The third-order valence-corrected chi connectivity index (χ3v) is 5.03. The molecule has 0 spiro atoms. The number of carbonyl (C=O) groups is 2. The van der Waals surface area contributed by atoms with Gasteiger partial charge in [-0.2, -0.15) is 0 Å². The molecule has 1 aliphatic heterocycles. The highest BCUT2D eigenvalue weighted by Gasteiger charge is 2.37. The van der Waals surface area contributed by atoms with Crippen LogP contribution in [-0.4, -0.2) is 47.1 Å². The average Bonchev–Trinajstić information content (AvgIpc) is 3.33. The Morgan fingerprint density at radius 2 is 1.96 bits per heavy atom. The first-order valence-electron chi connectivity index (χ1n) is 8.95. The number of likely N-dealkylation sites (tertiary alicyclic amines) is 1. The van der Waals surface area contributed by atoms with Gasteiger partial charge in [-0.1, -0.05) is 12.1 Å². The third kappa shape index (κ3) is 4.57. The van der Waals surface area contributed by atoms with E-state index in [9.17, 15) is 19.1 Å². The third-order valence-electron chi connectivity index (χ3n) is 5.03. The number of halogens is 1. The number of hydrogen-bond donors (Lipinski definition) is 2. The maximum atomic E-state index is 13.0. The second-order valence-corrected chi connectivity index (χ2v) is 7.27. The zero-order valence-electron chi connectivity index (χ0n) is 14.5. The fourth-order valence-electron chi connectivity index (χ4n) is 3.36. The normalized spacial score (nSPS) is 22.5. The van der Waals surface area contributed by atoms with Crippen LogP contribution in [0.3, 0.4) is 0 Å². The lowest BCUT2D eigenvalue weighted by molar-refractivity contribution is -0.138. The van der Waals surface area contributed by atoms with Crippen molar-refractivity contribution in [1.82, 2.24) is 10.2 Å². The molecule has 1 saturated carbocycles. The van der Waals surface area contributed by atoms with Crippen LogP contribution in [0, 0.1) is 17.7 Å². The predicted molar refractivity (Wildman–Crippen MR) is 91.1 cm³/mol. The summed E-state index contributed by atoms with van der Waals surface area (Å²) in [4.78, 5) is 26.4. The van der Waals surface area contributed by atoms with Crippen LogP contribution in [0.4, 0.5) is 4.39 Å². The number of amides is 2. The van der Waals surface area contributed by atoms with Gasteiger partial charge in [0.05, 0.1) is 6.10 Å². The molecule has 1 heterocycles. The van der Waals surface area contributed by atoms with Crippen LogP contribution < -0.4 is 5.32 Å². The van der Waals surface area contributed by atoms with Gasteiger partial charge in [0.2, 0.25) is 11.8 Å². The molecule has 0 radical (unpaired) electrons. The van der Waals surface area contributed by atoms with E-state index in [1.165, 1.54) is 19.1 Å². The lowest BCUT2D eigenvalue weighted by Crippen LogP contribution is -2.53. The smallest absolute Gasteiger partial charge is 0.247 e. The van der Waals surface area contributed by atoms with Crippen LogP contribution in [0.15, 0.2) is 24.3 Å². The fraction of sp³-hybridized carbons (Fsp3) is 0.579. The molecular weight excluding hydrogens is 323 g/mol. The standard InChI is InChI=1S/C19H25FN2O3/c1-12(23)17(21-18(24)15-4-5-15)19(25)22-9-8-14(11-22)10-13-2-6-16(20)7-3-13/h2-3,6-7,12,14-15,17,23H,4-5,8-11H2,1H3,(H,21,24). The van der Waals surface area contributed by atoms with E-state index in [0.717, 1.165) is 31.2 Å². The van der Waals surface area contributed by atoms with Crippen molar-refractivity contribution in [3.05, 3.63) is 35.6 Å². The van der Waals surface area contributed by atoms with Crippen LogP contribution in [-0.2, 0) is 16.0 Å². The molecule has 0 aromatic heterocycles. The van der Waals surface area contributed by atoms with Gasteiger partial charge in [0.25, 0.3) is 0 Å². The predicted octanol–water partition coefficient (Wildman–Crippen LogP) is 1.49. The number of benzene rings is 1. The second kappa shape index (κ2) is 7.52. The van der Waals surface area contributed by atoms with E-state index in [2.05, 4.69) is 5.32 Å². The molecule has 1 aliphatic carbocycles. The molecule has 2 N–H and O–H groups in total. The number of nitrogens with one attached hydrogen (secondary N) is 1. The Bertz CT molecular complexity index is 628. The van der Waals surface area contributed by atoms with Crippen molar-refractivity contribution >= 4 is 11.8 Å². The summed E-state index contributed by atoms with van der Waals surface area (Å²) in [5.74, 6) is -0.299. The topological polar surface area (TPSA) is 69.6 Å². The minimum absolute atomic E-state index is 0.00106. The molecule has 2 fully saturated rings. The van der Waals surface area contributed by atoms with Crippen LogP contribution in [0.25, 0.3) is 0 Å². The minimum atomic E-state index is -0.925. The number of rotatable bonds is 6. The van der Waals surface area contributed by atoms with E-state index < -0.39 is 12.1 Å². The first kappa shape index (κ1) is 17.9. The molecule has 136 valence electrons. The Labute approximate surface area is 147 Å². The van der Waals surface area contributed by atoms with Crippen molar-refractivity contribution in [2.75, 3.05) is 13.1 Å². The lowest BCUT2D eigenvalue weighted by Gasteiger charge is -2.26. The Balaban J connectivity index is 1.56. The summed E-state index contributed by atoms with van der Waals surface area (Å²) in [6.07, 6.45) is 2.45. The summed E-state index contributed by atoms with van der Waals surface area (Å²) >= 11 is 0. The summed E-state index contributed by atoms with van der Waals surface area (Å²) < 4.78 is 13.0. The highest BCUT2D eigenvalue weighted by molar-refractivity contribution is 5.90. The van der Waals surface area contributed by atoms with Gasteiger partial charge in [-0.3, -0.25) is 9.59 Å².